The first-order chi connectivity index (χ1) is 23.5. The van der Waals surface area contributed by atoms with Crippen LogP contribution in [0.5, 0.6) is 5.75 Å². The Bertz CT molecular complexity index is 1400. The molecule has 0 aromatic heterocycles. The molecule has 0 spiro atoms. The predicted molar refractivity (Wildman–Crippen MR) is 192 cm³/mol. The van der Waals surface area contributed by atoms with Crippen molar-refractivity contribution in [3.8, 4) is 5.75 Å². The average Bonchev–Trinajstić information content (AvgIpc) is 3.07. The molecule has 49 heavy (non-hydrogen) atoms. The Labute approximate surface area is 295 Å². The van der Waals surface area contributed by atoms with Crippen LogP contribution >= 0.6 is 11.9 Å². The summed E-state index contributed by atoms with van der Waals surface area (Å²) in [5.74, 6) is 0.438. The largest absolute Gasteiger partial charge is 0.573 e. The Morgan fingerprint density at radius 1 is 0.755 bits per heavy atom. The van der Waals surface area contributed by atoms with Crippen LogP contribution in [0.25, 0.3) is 0 Å². The van der Waals surface area contributed by atoms with Crippen LogP contribution in [0.1, 0.15) is 51.4 Å². The summed E-state index contributed by atoms with van der Waals surface area (Å²) < 4.78 is 77.2. The van der Waals surface area contributed by atoms with Gasteiger partial charge in [0.2, 0.25) is 0 Å². The summed E-state index contributed by atoms with van der Waals surface area (Å²) in [6.07, 6.45) is 4.22. The molecule has 3 fully saturated rings. The van der Waals surface area contributed by atoms with E-state index < -0.39 is 16.6 Å². The minimum absolute atomic E-state index is 0.192. The summed E-state index contributed by atoms with van der Waals surface area (Å²) in [7, 11) is 0.291. The number of benzene rings is 2. The molecule has 0 unspecified atom stereocenters. The average molecular weight is 727 g/mol. The molecule has 2 aromatic rings. The Morgan fingerprint density at radius 2 is 1.35 bits per heavy atom. The molecule has 2 aromatic carbocycles. The van der Waals surface area contributed by atoms with E-state index in [0.29, 0.717) is 31.1 Å². The second-order valence-electron chi connectivity index (χ2n) is 13.6. The van der Waals surface area contributed by atoms with Gasteiger partial charge in [-0.3, -0.25) is 0 Å². The lowest BCUT2D eigenvalue weighted by atomic mass is 9.89. The molecule has 2 aliphatic heterocycles. The van der Waals surface area contributed by atoms with E-state index in [1.807, 2.05) is 14.1 Å². The molecule has 5 rings (SSSR count). The van der Waals surface area contributed by atoms with E-state index in [1.165, 1.54) is 53.4 Å². The van der Waals surface area contributed by atoms with Crippen LogP contribution in [-0.2, 0) is 10.2 Å². The van der Waals surface area contributed by atoms with Crippen molar-refractivity contribution in [2.75, 3.05) is 95.9 Å². The van der Waals surface area contributed by atoms with E-state index in [2.05, 4.69) is 43.1 Å². The first kappa shape index (κ1) is 38.0. The molecule has 1 aliphatic carbocycles. The minimum atomic E-state index is -4.81. The van der Waals surface area contributed by atoms with Crippen LogP contribution < -0.4 is 14.5 Å². The number of halogens is 3. The van der Waals surface area contributed by atoms with Crippen LogP contribution in [0.3, 0.4) is 0 Å². The van der Waals surface area contributed by atoms with E-state index in [9.17, 15) is 21.6 Å². The molecule has 0 atom stereocenters. The highest BCUT2D eigenvalue weighted by Gasteiger charge is 2.35. The number of para-hydroxylation sites is 2. The molecule has 0 bridgehead atoms. The number of hydrogen-bond donors (Lipinski definition) is 0. The SMILES string of the molecule is CN(C)c1ccc(SN2CCCN(CC3CCCCC3)CCCN(S(=O)(=O)N3CCN(c4ccccc4OC(F)(F)F)CC3)CCC2)cc1. The van der Waals surface area contributed by atoms with E-state index in [-0.39, 0.29) is 31.9 Å². The van der Waals surface area contributed by atoms with Gasteiger partial charge in [0.15, 0.2) is 5.75 Å². The van der Waals surface area contributed by atoms with Gasteiger partial charge in [0.05, 0.1) is 5.69 Å². The summed E-state index contributed by atoms with van der Waals surface area (Å²) in [5.41, 5.74) is 1.46. The third-order valence-electron chi connectivity index (χ3n) is 9.73. The highest BCUT2D eigenvalue weighted by atomic mass is 32.2. The van der Waals surface area contributed by atoms with Gasteiger partial charge < -0.3 is 19.4 Å². The maximum atomic E-state index is 14.1. The fourth-order valence-corrected chi connectivity index (χ4v) is 9.81. The quantitative estimate of drug-likeness (QED) is 0.276. The van der Waals surface area contributed by atoms with Crippen molar-refractivity contribution >= 4 is 33.5 Å². The van der Waals surface area contributed by atoms with Crippen LogP contribution in [0.15, 0.2) is 53.4 Å². The number of ether oxygens (including phenoxy) is 1. The molecule has 0 N–H and O–H groups in total. The van der Waals surface area contributed by atoms with Gasteiger partial charge in [-0.05, 0) is 99.5 Å². The molecule has 0 amide bonds. The molecule has 0 radical (unpaired) electrons. The monoisotopic (exact) mass is 726 g/mol. The predicted octanol–water partition coefficient (Wildman–Crippen LogP) is 6.40. The lowest BCUT2D eigenvalue weighted by molar-refractivity contribution is -0.274. The van der Waals surface area contributed by atoms with Gasteiger partial charge in [0.25, 0.3) is 10.2 Å². The van der Waals surface area contributed by atoms with E-state index >= 15 is 0 Å². The van der Waals surface area contributed by atoms with E-state index in [0.717, 1.165) is 51.3 Å². The Hall–Kier alpha value is -2.23. The topological polar surface area (TPSA) is 62.8 Å². The maximum Gasteiger partial charge on any atom is 0.573 e. The number of anilines is 2. The van der Waals surface area contributed by atoms with Crippen molar-refractivity contribution in [2.24, 2.45) is 5.92 Å². The zero-order valence-corrected chi connectivity index (χ0v) is 30.6. The summed E-state index contributed by atoms with van der Waals surface area (Å²) in [6.45, 7) is 6.44. The Kier molecular flexibility index (Phi) is 13.8. The van der Waals surface area contributed by atoms with Crippen molar-refractivity contribution in [2.45, 2.75) is 62.6 Å². The molecule has 3 aliphatic rings. The molecule has 9 nitrogen and oxygen atoms in total. The van der Waals surface area contributed by atoms with Crippen LogP contribution in [-0.4, -0.2) is 119 Å². The number of alkyl halides is 3. The second kappa shape index (κ2) is 17.8. The maximum absolute atomic E-state index is 14.1. The third-order valence-corrected chi connectivity index (χ3v) is 12.9. The summed E-state index contributed by atoms with van der Waals surface area (Å²) in [4.78, 5) is 7.59. The van der Waals surface area contributed by atoms with Crippen molar-refractivity contribution in [3.05, 3.63) is 48.5 Å². The molecule has 14 heteroatoms. The number of rotatable bonds is 9. The zero-order chi connectivity index (χ0) is 34.9. The normalized spacial score (nSPS) is 21.2. The number of piperazine rings is 1. The van der Waals surface area contributed by atoms with Crippen molar-refractivity contribution in [3.63, 3.8) is 0 Å². The lowest BCUT2D eigenvalue weighted by Gasteiger charge is -2.38. The van der Waals surface area contributed by atoms with Crippen molar-refractivity contribution in [1.82, 2.24) is 17.8 Å². The van der Waals surface area contributed by atoms with Crippen LogP contribution in [0.2, 0.25) is 0 Å². The Morgan fingerprint density at radius 3 is 1.98 bits per heavy atom. The van der Waals surface area contributed by atoms with Gasteiger partial charge in [0.1, 0.15) is 0 Å². The Balaban J connectivity index is 1.26. The highest BCUT2D eigenvalue weighted by molar-refractivity contribution is 7.97. The first-order valence-corrected chi connectivity index (χ1v) is 19.9. The van der Waals surface area contributed by atoms with E-state index in [4.69, 9.17) is 0 Å². The van der Waals surface area contributed by atoms with Crippen LogP contribution in [0.4, 0.5) is 24.5 Å². The van der Waals surface area contributed by atoms with Gasteiger partial charge in [0, 0.05) is 83.6 Å². The fraction of sp³-hybridized carbons (Fsp3) is 0.657. The number of nitrogens with zero attached hydrogens (tertiary/aromatic N) is 6. The number of hydrogen-bond acceptors (Lipinski definition) is 8. The summed E-state index contributed by atoms with van der Waals surface area (Å²) in [5, 5.41) is 0. The third kappa shape index (κ3) is 11.4. The smallest absolute Gasteiger partial charge is 0.404 e. The highest BCUT2D eigenvalue weighted by Crippen LogP contribution is 2.34. The van der Waals surface area contributed by atoms with Crippen LogP contribution in [0, 0.1) is 5.92 Å². The zero-order valence-electron chi connectivity index (χ0n) is 29.0. The molecule has 274 valence electrons. The summed E-state index contributed by atoms with van der Waals surface area (Å²) >= 11 is 1.74. The molecule has 2 heterocycles. The van der Waals surface area contributed by atoms with Crippen molar-refractivity contribution < 1.29 is 26.3 Å². The molecule has 2 saturated heterocycles. The fourth-order valence-electron chi connectivity index (χ4n) is 7.15. The summed E-state index contributed by atoms with van der Waals surface area (Å²) in [6, 6.07) is 14.6. The molecular formula is C35H53F3N6O3S2. The van der Waals surface area contributed by atoms with Gasteiger partial charge >= 0.3 is 6.36 Å². The van der Waals surface area contributed by atoms with Gasteiger partial charge in [-0.2, -0.15) is 17.0 Å². The van der Waals surface area contributed by atoms with Crippen molar-refractivity contribution in [1.29, 1.82) is 0 Å². The van der Waals surface area contributed by atoms with Gasteiger partial charge in [-0.25, -0.2) is 4.31 Å². The minimum Gasteiger partial charge on any atom is -0.404 e. The standard InChI is InChI=1S/C35H53F3N6O3S2/c1-39(2)31-15-17-32(18-16-31)48-42-21-8-19-40(29-30-11-4-3-5-12-30)20-9-23-43(24-10-22-42)49(45,46)44-27-25-41(26-28-44)33-13-6-7-14-34(33)47-35(36,37)38/h6-7,13-18,30H,3-5,8-12,19-29H2,1-2H3. The molecular weight excluding hydrogens is 674 g/mol. The van der Waals surface area contributed by atoms with E-state index in [1.54, 1.807) is 33.3 Å². The molecule has 1 saturated carbocycles. The van der Waals surface area contributed by atoms with Gasteiger partial charge in [-0.1, -0.05) is 31.4 Å². The van der Waals surface area contributed by atoms with Gasteiger partial charge in [-0.15, -0.1) is 13.2 Å². The second-order valence-corrected chi connectivity index (χ2v) is 16.7. The first-order valence-electron chi connectivity index (χ1n) is 17.8. The lowest BCUT2D eigenvalue weighted by Crippen LogP contribution is -2.53.